The van der Waals surface area contributed by atoms with Crippen LogP contribution in [0.15, 0.2) is 146 Å². The number of benzene rings is 6. The van der Waals surface area contributed by atoms with Gasteiger partial charge in [-0.1, -0.05) is 117 Å². The quantitative estimate of drug-likeness (QED) is 0.0629. The first-order valence-electron chi connectivity index (χ1n) is 16.5. The zero-order chi connectivity index (χ0) is 36.3. The van der Waals surface area contributed by atoms with E-state index in [4.69, 9.17) is 29.6 Å². The largest absolute Gasteiger partial charge is 0.440 e. The Morgan fingerprint density at radius 1 is 0.654 bits per heavy atom. The Kier molecular flexibility index (Phi) is 9.61. The van der Waals surface area contributed by atoms with Crippen LogP contribution in [-0.2, 0) is 14.8 Å². The SMILES string of the molecule is CC(C)(c1ccc(OC(=N)Pc2ccccc2-c2ccccc2OC=O)cc1)c1ccc(OC(=N)P2(=O)Oc3ccccc3-c3ccccc32)cc1. The van der Waals surface area contributed by atoms with Gasteiger partial charge in [0.05, 0.1) is 5.30 Å². The molecule has 1 aliphatic heterocycles. The van der Waals surface area contributed by atoms with Crippen molar-refractivity contribution >= 4 is 44.3 Å². The Morgan fingerprint density at radius 2 is 1.19 bits per heavy atom. The molecule has 258 valence electrons. The van der Waals surface area contributed by atoms with Crippen molar-refractivity contribution in [1.82, 2.24) is 0 Å². The van der Waals surface area contributed by atoms with E-state index in [0.717, 1.165) is 38.7 Å². The van der Waals surface area contributed by atoms with E-state index in [2.05, 4.69) is 13.8 Å². The number of ether oxygens (including phenoxy) is 3. The molecule has 1 aliphatic rings. The summed E-state index contributed by atoms with van der Waals surface area (Å²) in [5.41, 5.74) is 4.51. The second-order valence-electron chi connectivity index (χ2n) is 12.5. The third-order valence-electron chi connectivity index (χ3n) is 9.01. The molecule has 8 nitrogen and oxygen atoms in total. The van der Waals surface area contributed by atoms with Gasteiger partial charge in [0.2, 0.25) is 5.64 Å². The molecule has 2 unspecified atom stereocenters. The molecule has 2 atom stereocenters. The minimum Gasteiger partial charge on any atom is -0.440 e. The lowest BCUT2D eigenvalue weighted by Crippen LogP contribution is -2.25. The Morgan fingerprint density at radius 3 is 1.87 bits per heavy atom. The zero-order valence-electron chi connectivity index (χ0n) is 28.3. The van der Waals surface area contributed by atoms with E-state index in [-0.39, 0.29) is 14.2 Å². The molecule has 0 radical (unpaired) electrons. The average molecular weight is 725 g/mol. The molecule has 10 heteroatoms. The van der Waals surface area contributed by atoms with Crippen molar-refractivity contribution in [2.24, 2.45) is 0 Å². The van der Waals surface area contributed by atoms with Crippen molar-refractivity contribution < 1.29 is 28.1 Å². The molecule has 7 rings (SSSR count). The summed E-state index contributed by atoms with van der Waals surface area (Å²) in [4.78, 5) is 11.1. The van der Waals surface area contributed by atoms with Gasteiger partial charge in [0.25, 0.3) is 12.1 Å². The summed E-state index contributed by atoms with van der Waals surface area (Å²) in [6.45, 7) is 4.62. The molecule has 1 heterocycles. The molecule has 6 aromatic rings. The van der Waals surface area contributed by atoms with Crippen LogP contribution >= 0.6 is 15.9 Å². The van der Waals surface area contributed by atoms with Crippen LogP contribution in [0, 0.1) is 10.8 Å². The van der Waals surface area contributed by atoms with E-state index >= 15 is 0 Å². The van der Waals surface area contributed by atoms with E-state index in [1.54, 1.807) is 42.5 Å². The average Bonchev–Trinajstić information content (AvgIpc) is 3.16. The Labute approximate surface area is 303 Å². The summed E-state index contributed by atoms with van der Waals surface area (Å²) in [5, 5.41) is 18.7. The Bertz CT molecular complexity index is 2360. The minimum atomic E-state index is -3.82. The standard InChI is InChI=1S/C42H34N2O6P2/c1-42(2,28-19-23-30(24-20-28)48-40(43)51-38-17-9-5-13-34(38)32-11-3-7-15-36(32)47-27-45)29-21-25-31(26-22-29)49-41(44)52(46)39-18-10-6-14-35(39)33-12-4-8-16-37(33)50-52/h3-27,43-44,51H,1-2H3. The van der Waals surface area contributed by atoms with Gasteiger partial charge in [-0.05, 0) is 70.0 Å². The molecule has 0 aliphatic carbocycles. The Hall–Kier alpha value is -5.81. The molecule has 52 heavy (non-hydrogen) atoms. The second-order valence-corrected chi connectivity index (χ2v) is 16.0. The van der Waals surface area contributed by atoms with Crippen LogP contribution in [-0.4, -0.2) is 17.7 Å². The smallest absolute Gasteiger partial charge is 0.360 e. The third kappa shape index (κ3) is 6.79. The molecule has 0 saturated heterocycles. The molecule has 0 bridgehead atoms. The van der Waals surface area contributed by atoms with E-state index < -0.39 is 18.4 Å². The number of para-hydroxylation sites is 2. The first-order valence-corrected chi connectivity index (χ1v) is 19.1. The molecule has 0 fully saturated rings. The number of hydrogen-bond acceptors (Lipinski definition) is 8. The van der Waals surface area contributed by atoms with Gasteiger partial charge in [-0.15, -0.1) is 0 Å². The number of carbonyl (C=O) groups is 1. The normalized spacial score (nSPS) is 14.8. The van der Waals surface area contributed by atoms with Crippen LogP contribution in [0.2, 0.25) is 0 Å². The van der Waals surface area contributed by atoms with Gasteiger partial charge in [0.1, 0.15) is 23.0 Å². The molecule has 0 amide bonds. The van der Waals surface area contributed by atoms with Crippen molar-refractivity contribution in [3.8, 4) is 45.3 Å². The highest BCUT2D eigenvalue weighted by Crippen LogP contribution is 2.55. The van der Waals surface area contributed by atoms with Gasteiger partial charge in [-0.3, -0.25) is 20.2 Å². The van der Waals surface area contributed by atoms with Gasteiger partial charge >= 0.3 is 7.37 Å². The van der Waals surface area contributed by atoms with E-state index in [1.807, 2.05) is 103 Å². The van der Waals surface area contributed by atoms with Crippen LogP contribution in [0.1, 0.15) is 25.0 Å². The van der Waals surface area contributed by atoms with Gasteiger partial charge in [-0.2, -0.15) is 0 Å². The van der Waals surface area contributed by atoms with Gasteiger partial charge < -0.3 is 18.7 Å². The molecular weight excluding hydrogens is 690 g/mol. The van der Waals surface area contributed by atoms with Crippen LogP contribution in [0.3, 0.4) is 0 Å². The number of carbonyl (C=O) groups excluding carboxylic acids is 1. The summed E-state index contributed by atoms with van der Waals surface area (Å²) in [5.74, 6) is 1.83. The predicted octanol–water partition coefficient (Wildman–Crippen LogP) is 9.51. The number of fused-ring (bicyclic) bond motifs is 3. The van der Waals surface area contributed by atoms with Gasteiger partial charge in [0.15, 0.2) is 0 Å². The highest BCUT2D eigenvalue weighted by atomic mass is 31.2. The lowest BCUT2D eigenvalue weighted by molar-refractivity contribution is -0.120. The van der Waals surface area contributed by atoms with E-state index in [0.29, 0.717) is 34.8 Å². The maximum absolute atomic E-state index is 14.2. The van der Waals surface area contributed by atoms with Crippen molar-refractivity contribution in [3.63, 3.8) is 0 Å². The number of rotatable bonds is 10. The number of hydrogen-bond donors (Lipinski definition) is 2. The third-order valence-corrected chi connectivity index (χ3v) is 12.1. The van der Waals surface area contributed by atoms with Gasteiger partial charge in [0, 0.05) is 25.1 Å². The summed E-state index contributed by atoms with van der Waals surface area (Å²) in [6.07, 6.45) is 0. The fraction of sp³-hybridized carbons (Fsp3) is 0.0714. The first-order chi connectivity index (χ1) is 25.2. The summed E-state index contributed by atoms with van der Waals surface area (Å²) >= 11 is 0. The molecule has 0 spiro atoms. The topological polar surface area (TPSA) is 119 Å². The fourth-order valence-electron chi connectivity index (χ4n) is 6.22. The monoisotopic (exact) mass is 724 g/mol. The van der Waals surface area contributed by atoms with Crippen LogP contribution in [0.5, 0.6) is 23.0 Å². The van der Waals surface area contributed by atoms with Crippen molar-refractivity contribution in [2.45, 2.75) is 19.3 Å². The first kappa shape index (κ1) is 34.6. The highest BCUT2D eigenvalue weighted by Gasteiger charge is 2.42. The van der Waals surface area contributed by atoms with E-state index in [1.165, 1.54) is 0 Å². The molecule has 0 aromatic heterocycles. The molecular formula is C42H34N2O6P2. The van der Waals surface area contributed by atoms with Crippen molar-refractivity contribution in [2.75, 3.05) is 0 Å². The lowest BCUT2D eigenvalue weighted by Gasteiger charge is -2.28. The van der Waals surface area contributed by atoms with E-state index in [9.17, 15) is 9.36 Å². The van der Waals surface area contributed by atoms with Gasteiger partial charge in [-0.25, -0.2) is 0 Å². The zero-order valence-corrected chi connectivity index (χ0v) is 30.2. The van der Waals surface area contributed by atoms with Crippen LogP contribution < -0.4 is 29.3 Å². The predicted molar refractivity (Wildman–Crippen MR) is 208 cm³/mol. The summed E-state index contributed by atoms with van der Waals surface area (Å²) < 4.78 is 37.2. The maximum Gasteiger partial charge on any atom is 0.360 e. The van der Waals surface area contributed by atoms with Crippen molar-refractivity contribution in [1.29, 1.82) is 10.8 Å². The highest BCUT2D eigenvalue weighted by molar-refractivity contribution is 7.83. The minimum absolute atomic E-state index is 0.0658. The molecule has 0 saturated carbocycles. The second kappa shape index (κ2) is 14.4. The van der Waals surface area contributed by atoms with Crippen LogP contribution in [0.25, 0.3) is 22.3 Å². The maximum atomic E-state index is 14.2. The summed E-state index contributed by atoms with van der Waals surface area (Å²) in [7, 11) is -3.89. The molecule has 6 aromatic carbocycles. The van der Waals surface area contributed by atoms with Crippen molar-refractivity contribution in [3.05, 3.63) is 157 Å². The lowest BCUT2D eigenvalue weighted by atomic mass is 9.78. The Balaban J connectivity index is 1.02. The van der Waals surface area contributed by atoms with Crippen LogP contribution in [0.4, 0.5) is 0 Å². The summed E-state index contributed by atoms with van der Waals surface area (Å²) in [6, 6.07) is 44.7. The number of nitrogens with one attached hydrogen (secondary N) is 2. The molecule has 2 N–H and O–H groups in total. The fourth-order valence-corrected chi connectivity index (χ4v) is 9.02.